The molecule has 2 amide bonds. The Bertz CT molecular complexity index is 1150. The molecule has 0 N–H and O–H groups in total. The van der Waals surface area contributed by atoms with Crippen LogP contribution in [0.25, 0.3) is 0 Å². The lowest BCUT2D eigenvalue weighted by Gasteiger charge is -2.33. The highest BCUT2D eigenvalue weighted by atomic mass is 35.5. The average molecular weight is 439 g/mol. The summed E-state index contributed by atoms with van der Waals surface area (Å²) in [7, 11) is 0. The smallest absolute Gasteiger partial charge is 0.269 e. The lowest BCUT2D eigenvalue weighted by atomic mass is 10.0. The van der Waals surface area contributed by atoms with Gasteiger partial charge in [0.25, 0.3) is 5.91 Å². The van der Waals surface area contributed by atoms with Crippen molar-refractivity contribution < 1.29 is 14.0 Å². The molecule has 1 atom stereocenters. The molecule has 2 heterocycles. The highest BCUT2D eigenvalue weighted by Gasteiger charge is 2.60. The largest absolute Gasteiger partial charge is 0.304 e. The van der Waals surface area contributed by atoms with E-state index in [1.165, 1.54) is 28.8 Å². The molecule has 1 fully saturated rings. The normalized spacial score (nSPS) is 20.3. The number of nitrogens with zero attached hydrogens (tertiary/aromatic N) is 2. The lowest BCUT2D eigenvalue weighted by Crippen LogP contribution is -2.49. The minimum absolute atomic E-state index is 0.0134. The first-order valence-electron chi connectivity index (χ1n) is 9.40. The van der Waals surface area contributed by atoms with Gasteiger partial charge in [-0.15, -0.1) is 11.8 Å². The number of amides is 2. The van der Waals surface area contributed by atoms with Gasteiger partial charge in [0.05, 0.1) is 18.0 Å². The van der Waals surface area contributed by atoms with E-state index in [-0.39, 0.29) is 34.7 Å². The van der Waals surface area contributed by atoms with Gasteiger partial charge in [0.1, 0.15) is 5.82 Å². The van der Waals surface area contributed by atoms with E-state index in [0.29, 0.717) is 11.4 Å². The van der Waals surface area contributed by atoms with Gasteiger partial charge in [-0.2, -0.15) is 0 Å². The molecule has 0 saturated carbocycles. The van der Waals surface area contributed by atoms with Crippen LogP contribution in [0.2, 0.25) is 5.02 Å². The highest BCUT2D eigenvalue weighted by Crippen LogP contribution is 2.56. The summed E-state index contributed by atoms with van der Waals surface area (Å²) in [6.45, 7) is -0.0134. The third-order valence-electron chi connectivity index (χ3n) is 5.46. The van der Waals surface area contributed by atoms with Crippen LogP contribution in [0.5, 0.6) is 0 Å². The molecule has 30 heavy (non-hydrogen) atoms. The zero-order valence-corrected chi connectivity index (χ0v) is 17.3. The zero-order valence-electron chi connectivity index (χ0n) is 15.7. The Morgan fingerprint density at radius 2 is 1.70 bits per heavy atom. The summed E-state index contributed by atoms with van der Waals surface area (Å²) in [5.41, 5.74) is 2.29. The van der Waals surface area contributed by atoms with Gasteiger partial charge in [-0.3, -0.25) is 14.5 Å². The van der Waals surface area contributed by atoms with Gasteiger partial charge in [0.15, 0.2) is 0 Å². The molecule has 2 aliphatic rings. The van der Waals surface area contributed by atoms with Crippen molar-refractivity contribution in [2.75, 3.05) is 15.6 Å². The van der Waals surface area contributed by atoms with E-state index in [2.05, 4.69) is 0 Å². The van der Waals surface area contributed by atoms with Gasteiger partial charge in [0, 0.05) is 21.8 Å². The molecule has 1 saturated heterocycles. The summed E-state index contributed by atoms with van der Waals surface area (Å²) in [5.74, 6) is -0.699. The predicted molar refractivity (Wildman–Crippen MR) is 117 cm³/mol. The fraction of sp³-hybridized carbons (Fsp3) is 0.130. The van der Waals surface area contributed by atoms with Crippen LogP contribution in [0.1, 0.15) is 11.1 Å². The number of carbonyl (C=O) groups excluding carboxylic acids is 2. The molecule has 3 aromatic rings. The van der Waals surface area contributed by atoms with E-state index in [4.69, 9.17) is 11.6 Å². The molecule has 150 valence electrons. The quantitative estimate of drug-likeness (QED) is 0.580. The number of anilines is 2. The lowest BCUT2D eigenvalue weighted by molar-refractivity contribution is -0.123. The number of halogens is 2. The van der Waals surface area contributed by atoms with Crippen LogP contribution in [-0.4, -0.2) is 17.6 Å². The molecular formula is C23H16ClFN2O2S. The number of hydrogen-bond donors (Lipinski definition) is 0. The van der Waals surface area contributed by atoms with Crippen molar-refractivity contribution in [3.63, 3.8) is 0 Å². The van der Waals surface area contributed by atoms with E-state index < -0.39 is 10.7 Å². The SMILES string of the molecule is O=C1CS[C@]2(C(=O)N(Cc3c(F)cccc3Cl)c3ccccc32)N1c1ccccc1. The number of thioether (sulfide) groups is 1. The Morgan fingerprint density at radius 1 is 0.967 bits per heavy atom. The van der Waals surface area contributed by atoms with Crippen molar-refractivity contribution in [3.8, 4) is 0 Å². The predicted octanol–water partition coefficient (Wildman–Crippen LogP) is 4.96. The van der Waals surface area contributed by atoms with Crippen LogP contribution in [0.15, 0.2) is 72.8 Å². The van der Waals surface area contributed by atoms with Crippen LogP contribution in [0.3, 0.4) is 0 Å². The zero-order chi connectivity index (χ0) is 20.9. The van der Waals surface area contributed by atoms with Crippen LogP contribution in [0.4, 0.5) is 15.8 Å². The van der Waals surface area contributed by atoms with Gasteiger partial charge < -0.3 is 4.90 Å². The number of carbonyl (C=O) groups is 2. The minimum atomic E-state index is -1.22. The first-order valence-corrected chi connectivity index (χ1v) is 10.8. The van der Waals surface area contributed by atoms with Crippen LogP contribution in [0, 0.1) is 5.82 Å². The van der Waals surface area contributed by atoms with E-state index in [0.717, 1.165) is 5.56 Å². The second-order valence-electron chi connectivity index (χ2n) is 7.11. The maximum atomic E-state index is 14.5. The molecule has 7 heteroatoms. The Morgan fingerprint density at radius 3 is 2.47 bits per heavy atom. The van der Waals surface area contributed by atoms with E-state index in [1.54, 1.807) is 11.0 Å². The Hall–Kier alpha value is -2.83. The molecular weight excluding hydrogens is 423 g/mol. The maximum absolute atomic E-state index is 14.5. The van der Waals surface area contributed by atoms with Gasteiger partial charge in [-0.05, 0) is 30.3 Å². The van der Waals surface area contributed by atoms with Crippen LogP contribution in [-0.2, 0) is 21.0 Å². The van der Waals surface area contributed by atoms with Crippen molar-refractivity contribution in [2.24, 2.45) is 0 Å². The Balaban J connectivity index is 1.66. The molecule has 2 aliphatic heterocycles. The molecule has 0 aliphatic carbocycles. The monoisotopic (exact) mass is 438 g/mol. The average Bonchev–Trinajstić information content (AvgIpc) is 3.22. The fourth-order valence-electron chi connectivity index (χ4n) is 4.13. The minimum Gasteiger partial charge on any atom is -0.304 e. The number of para-hydroxylation sites is 2. The summed E-state index contributed by atoms with van der Waals surface area (Å²) in [4.78, 5) is 28.7. The molecule has 0 bridgehead atoms. The first kappa shape index (κ1) is 19.2. The maximum Gasteiger partial charge on any atom is 0.269 e. The van der Waals surface area contributed by atoms with Crippen molar-refractivity contribution in [3.05, 3.63) is 94.8 Å². The Labute approximate surface area is 182 Å². The van der Waals surface area contributed by atoms with Crippen molar-refractivity contribution >= 4 is 46.6 Å². The second-order valence-corrected chi connectivity index (χ2v) is 8.68. The molecule has 0 radical (unpaired) electrons. The van der Waals surface area contributed by atoms with Crippen molar-refractivity contribution in [1.29, 1.82) is 0 Å². The van der Waals surface area contributed by atoms with Crippen molar-refractivity contribution in [1.82, 2.24) is 0 Å². The summed E-state index contributed by atoms with van der Waals surface area (Å²) in [6, 6.07) is 21.0. The first-order chi connectivity index (χ1) is 14.5. The van der Waals surface area contributed by atoms with E-state index >= 15 is 0 Å². The van der Waals surface area contributed by atoms with Crippen molar-refractivity contribution in [2.45, 2.75) is 11.4 Å². The van der Waals surface area contributed by atoms with Gasteiger partial charge in [-0.1, -0.05) is 54.1 Å². The van der Waals surface area contributed by atoms with Gasteiger partial charge in [-0.25, -0.2) is 4.39 Å². The second kappa shape index (κ2) is 7.15. The fourth-order valence-corrected chi connectivity index (χ4v) is 5.71. The standard InChI is InChI=1S/C23H16ClFN2O2S/c24-18-10-6-11-19(25)16(18)13-26-20-12-5-4-9-17(20)23(22(26)29)27(21(28)14-30-23)15-7-2-1-3-8-15/h1-12H,13-14H2/t23-/m1/s1. The molecule has 3 aromatic carbocycles. The summed E-state index contributed by atoms with van der Waals surface area (Å²) in [5, 5.41) is 0.260. The Kier molecular flexibility index (Phi) is 4.56. The van der Waals surface area contributed by atoms with Crippen LogP contribution < -0.4 is 9.80 Å². The molecule has 4 nitrogen and oxygen atoms in total. The van der Waals surface area contributed by atoms with E-state index in [1.807, 2.05) is 54.6 Å². The number of benzene rings is 3. The van der Waals surface area contributed by atoms with E-state index in [9.17, 15) is 14.0 Å². The third-order valence-corrected chi connectivity index (χ3v) is 7.20. The van der Waals surface area contributed by atoms with Gasteiger partial charge in [0.2, 0.25) is 10.8 Å². The van der Waals surface area contributed by atoms with Gasteiger partial charge >= 0.3 is 0 Å². The number of hydrogen-bond acceptors (Lipinski definition) is 3. The summed E-state index contributed by atoms with van der Waals surface area (Å²) in [6.07, 6.45) is 0. The summed E-state index contributed by atoms with van der Waals surface area (Å²) >= 11 is 7.53. The molecule has 0 aromatic heterocycles. The van der Waals surface area contributed by atoms with Crippen LogP contribution >= 0.6 is 23.4 Å². The summed E-state index contributed by atoms with van der Waals surface area (Å²) < 4.78 is 14.5. The number of fused-ring (bicyclic) bond motifs is 2. The highest BCUT2D eigenvalue weighted by molar-refractivity contribution is 8.02. The third kappa shape index (κ3) is 2.67. The molecule has 5 rings (SSSR count). The molecule has 1 spiro atoms. The topological polar surface area (TPSA) is 40.6 Å². The molecule has 0 unspecified atom stereocenters. The number of rotatable bonds is 3.